The fourth-order valence-corrected chi connectivity index (χ4v) is 2.02. The summed E-state index contributed by atoms with van der Waals surface area (Å²) in [5.41, 5.74) is 0. The summed E-state index contributed by atoms with van der Waals surface area (Å²) >= 11 is 0. The second-order valence-corrected chi connectivity index (χ2v) is 4.41. The van der Waals surface area contributed by atoms with Gasteiger partial charge in [0.1, 0.15) is 0 Å². The van der Waals surface area contributed by atoms with Crippen molar-refractivity contribution in [1.29, 1.82) is 0 Å². The van der Waals surface area contributed by atoms with E-state index in [-0.39, 0.29) is 0 Å². The smallest absolute Gasteiger partial charge is 0.0623 e. The Morgan fingerprint density at radius 3 is 1.62 bits per heavy atom. The van der Waals surface area contributed by atoms with Crippen LogP contribution in [0.25, 0.3) is 0 Å². The first-order valence-corrected chi connectivity index (χ1v) is 5.19. The van der Waals surface area contributed by atoms with Gasteiger partial charge >= 0.3 is 0 Å². The first kappa shape index (κ1) is 9.44. The van der Waals surface area contributed by atoms with Crippen molar-refractivity contribution in [3.8, 4) is 0 Å². The number of nitrogens with one attached hydrogen (secondary N) is 1. The molecule has 0 aliphatic carbocycles. The van der Waals surface area contributed by atoms with Crippen molar-refractivity contribution in [3.05, 3.63) is 0 Å². The third-order valence-corrected chi connectivity index (χ3v) is 3.16. The maximum atomic E-state index is 5.41. The first-order valence-electron chi connectivity index (χ1n) is 5.19. The van der Waals surface area contributed by atoms with Gasteiger partial charge in [-0.3, -0.25) is 0 Å². The SMILES string of the molecule is CC1COCC1NC1COCC1C. The van der Waals surface area contributed by atoms with Crippen LogP contribution in [0.4, 0.5) is 0 Å². The van der Waals surface area contributed by atoms with Gasteiger partial charge in [-0.1, -0.05) is 13.8 Å². The minimum Gasteiger partial charge on any atom is -0.379 e. The Kier molecular flexibility index (Phi) is 2.86. The molecule has 3 heteroatoms. The molecule has 4 atom stereocenters. The molecule has 0 aromatic carbocycles. The molecule has 3 nitrogen and oxygen atoms in total. The average Bonchev–Trinajstić information content (AvgIpc) is 2.65. The lowest BCUT2D eigenvalue weighted by Gasteiger charge is -2.22. The highest BCUT2D eigenvalue weighted by Crippen LogP contribution is 2.18. The highest BCUT2D eigenvalue weighted by molar-refractivity contribution is 4.86. The molecule has 2 heterocycles. The van der Waals surface area contributed by atoms with Crippen molar-refractivity contribution < 1.29 is 9.47 Å². The molecule has 0 amide bonds. The molecule has 0 spiro atoms. The van der Waals surface area contributed by atoms with Gasteiger partial charge in [-0.2, -0.15) is 0 Å². The van der Waals surface area contributed by atoms with Crippen LogP contribution >= 0.6 is 0 Å². The van der Waals surface area contributed by atoms with E-state index in [1.165, 1.54) is 0 Å². The van der Waals surface area contributed by atoms with Gasteiger partial charge in [-0.05, 0) is 11.8 Å². The van der Waals surface area contributed by atoms with Crippen LogP contribution in [0.2, 0.25) is 0 Å². The molecule has 76 valence electrons. The van der Waals surface area contributed by atoms with Gasteiger partial charge in [-0.15, -0.1) is 0 Å². The van der Waals surface area contributed by atoms with Gasteiger partial charge in [0.2, 0.25) is 0 Å². The second kappa shape index (κ2) is 3.95. The van der Waals surface area contributed by atoms with E-state index in [1.54, 1.807) is 0 Å². The highest BCUT2D eigenvalue weighted by Gasteiger charge is 2.31. The topological polar surface area (TPSA) is 30.5 Å². The summed E-state index contributed by atoms with van der Waals surface area (Å²) in [4.78, 5) is 0. The Morgan fingerprint density at radius 2 is 1.31 bits per heavy atom. The summed E-state index contributed by atoms with van der Waals surface area (Å²) in [5.74, 6) is 1.29. The molecule has 2 aliphatic rings. The zero-order valence-corrected chi connectivity index (χ0v) is 8.45. The summed E-state index contributed by atoms with van der Waals surface area (Å²) in [6, 6.07) is 1.07. The molecule has 1 N–H and O–H groups in total. The molecule has 13 heavy (non-hydrogen) atoms. The molecule has 4 unspecified atom stereocenters. The summed E-state index contributed by atoms with van der Waals surface area (Å²) in [6.45, 7) is 8.02. The van der Waals surface area contributed by atoms with Crippen molar-refractivity contribution in [3.63, 3.8) is 0 Å². The number of hydrogen-bond donors (Lipinski definition) is 1. The van der Waals surface area contributed by atoms with Crippen LogP contribution in [0.3, 0.4) is 0 Å². The molecule has 0 aromatic rings. The Bertz CT molecular complexity index is 156. The Balaban J connectivity index is 1.82. The third-order valence-electron chi connectivity index (χ3n) is 3.16. The van der Waals surface area contributed by atoms with E-state index in [0.717, 1.165) is 26.4 Å². The monoisotopic (exact) mass is 185 g/mol. The van der Waals surface area contributed by atoms with Crippen LogP contribution in [0, 0.1) is 11.8 Å². The fraction of sp³-hybridized carbons (Fsp3) is 1.00. The average molecular weight is 185 g/mol. The minimum absolute atomic E-state index is 0.536. The van der Waals surface area contributed by atoms with Gasteiger partial charge in [0.15, 0.2) is 0 Å². The summed E-state index contributed by atoms with van der Waals surface area (Å²) in [7, 11) is 0. The largest absolute Gasteiger partial charge is 0.379 e. The van der Waals surface area contributed by atoms with Gasteiger partial charge in [-0.25, -0.2) is 0 Å². The van der Waals surface area contributed by atoms with Crippen molar-refractivity contribution in [2.45, 2.75) is 25.9 Å². The summed E-state index contributed by atoms with van der Waals surface area (Å²) < 4.78 is 10.8. The van der Waals surface area contributed by atoms with Crippen LogP contribution in [-0.2, 0) is 9.47 Å². The van der Waals surface area contributed by atoms with Gasteiger partial charge in [0, 0.05) is 12.1 Å². The maximum Gasteiger partial charge on any atom is 0.0623 e. The molecule has 0 saturated carbocycles. The number of hydrogen-bond acceptors (Lipinski definition) is 3. The highest BCUT2D eigenvalue weighted by atomic mass is 16.5. The molecule has 2 fully saturated rings. The van der Waals surface area contributed by atoms with E-state index >= 15 is 0 Å². The van der Waals surface area contributed by atoms with Crippen LogP contribution in [-0.4, -0.2) is 38.5 Å². The van der Waals surface area contributed by atoms with Crippen molar-refractivity contribution in [2.24, 2.45) is 11.8 Å². The van der Waals surface area contributed by atoms with E-state index in [1.807, 2.05) is 0 Å². The molecule has 0 bridgehead atoms. The van der Waals surface area contributed by atoms with Gasteiger partial charge in [0.05, 0.1) is 26.4 Å². The maximum absolute atomic E-state index is 5.41. The third kappa shape index (κ3) is 2.03. The van der Waals surface area contributed by atoms with E-state index in [0.29, 0.717) is 23.9 Å². The summed E-state index contributed by atoms with van der Waals surface area (Å²) in [5, 5.41) is 3.63. The van der Waals surface area contributed by atoms with Crippen molar-refractivity contribution in [1.82, 2.24) is 5.32 Å². The van der Waals surface area contributed by atoms with Crippen molar-refractivity contribution in [2.75, 3.05) is 26.4 Å². The fourth-order valence-electron chi connectivity index (χ4n) is 2.02. The van der Waals surface area contributed by atoms with Gasteiger partial charge < -0.3 is 14.8 Å². The molecule has 0 aromatic heterocycles. The van der Waals surface area contributed by atoms with Gasteiger partial charge in [0.25, 0.3) is 0 Å². The quantitative estimate of drug-likeness (QED) is 0.685. The Morgan fingerprint density at radius 1 is 0.846 bits per heavy atom. The van der Waals surface area contributed by atoms with E-state index in [4.69, 9.17) is 9.47 Å². The zero-order valence-electron chi connectivity index (χ0n) is 8.45. The van der Waals surface area contributed by atoms with Crippen molar-refractivity contribution >= 4 is 0 Å². The lowest BCUT2D eigenvalue weighted by atomic mass is 10.0. The van der Waals surface area contributed by atoms with E-state index in [9.17, 15) is 0 Å². The predicted molar refractivity (Wildman–Crippen MR) is 50.7 cm³/mol. The predicted octanol–water partition coefficient (Wildman–Crippen LogP) is 0.646. The molecule has 2 aliphatic heterocycles. The van der Waals surface area contributed by atoms with Crippen LogP contribution in [0.5, 0.6) is 0 Å². The molecular formula is C10H19NO2. The minimum atomic E-state index is 0.536. The number of ether oxygens (including phenoxy) is 2. The molecular weight excluding hydrogens is 166 g/mol. The molecule has 2 saturated heterocycles. The molecule has 0 radical (unpaired) electrons. The Hall–Kier alpha value is -0.120. The second-order valence-electron chi connectivity index (χ2n) is 4.41. The zero-order chi connectivity index (χ0) is 9.26. The van der Waals surface area contributed by atoms with Crippen LogP contribution in [0.1, 0.15) is 13.8 Å². The number of rotatable bonds is 2. The normalized spacial score (nSPS) is 45.7. The van der Waals surface area contributed by atoms with Crippen LogP contribution in [0.15, 0.2) is 0 Å². The van der Waals surface area contributed by atoms with Crippen LogP contribution < -0.4 is 5.32 Å². The lowest BCUT2D eigenvalue weighted by Crippen LogP contribution is -2.44. The van der Waals surface area contributed by atoms with E-state index < -0.39 is 0 Å². The first-order chi connectivity index (χ1) is 6.27. The standard InChI is InChI=1S/C10H19NO2/c1-7-3-12-5-9(7)11-10-6-13-4-8(10)2/h7-11H,3-6H2,1-2H3. The van der Waals surface area contributed by atoms with E-state index in [2.05, 4.69) is 19.2 Å². The lowest BCUT2D eigenvalue weighted by molar-refractivity contribution is 0.176. The molecule has 2 rings (SSSR count). The Labute approximate surface area is 79.8 Å². The summed E-state index contributed by atoms with van der Waals surface area (Å²) in [6.07, 6.45) is 0.